The van der Waals surface area contributed by atoms with Gasteiger partial charge in [-0.3, -0.25) is 0 Å². The molecular formula is C18H17N5O2S. The molecule has 1 atom stereocenters. The topological polar surface area (TPSA) is 91.9 Å². The molecule has 1 heterocycles. The number of hydrogen-bond donors (Lipinski definition) is 0. The number of rotatable bonds is 5. The van der Waals surface area contributed by atoms with Crippen molar-refractivity contribution in [2.24, 2.45) is 0 Å². The van der Waals surface area contributed by atoms with E-state index in [4.69, 9.17) is 5.26 Å². The largest absolute Gasteiger partial charge is 0.243 e. The number of nitriles is 1. The first-order valence-corrected chi connectivity index (χ1v) is 9.30. The van der Waals surface area contributed by atoms with Gasteiger partial charge in [0, 0.05) is 13.1 Å². The molecule has 26 heavy (non-hydrogen) atoms. The van der Waals surface area contributed by atoms with Gasteiger partial charge in [-0.1, -0.05) is 12.1 Å². The van der Waals surface area contributed by atoms with Crippen LogP contribution in [0, 0.1) is 11.3 Å². The van der Waals surface area contributed by atoms with Gasteiger partial charge >= 0.3 is 0 Å². The van der Waals surface area contributed by atoms with Crippen molar-refractivity contribution in [3.05, 3.63) is 72.3 Å². The molecule has 8 heteroatoms. The molecule has 0 bridgehead atoms. The van der Waals surface area contributed by atoms with Gasteiger partial charge in [0.1, 0.15) is 12.7 Å². The van der Waals surface area contributed by atoms with Crippen LogP contribution in [-0.2, 0) is 10.0 Å². The van der Waals surface area contributed by atoms with E-state index in [1.807, 2.05) is 37.3 Å². The number of benzene rings is 2. The van der Waals surface area contributed by atoms with Crippen molar-refractivity contribution in [2.75, 3.05) is 7.05 Å². The van der Waals surface area contributed by atoms with Crippen LogP contribution in [0.2, 0.25) is 0 Å². The minimum absolute atomic E-state index is 0.157. The minimum atomic E-state index is -3.67. The molecule has 0 fully saturated rings. The van der Waals surface area contributed by atoms with Crippen LogP contribution in [0.25, 0.3) is 5.69 Å². The van der Waals surface area contributed by atoms with E-state index < -0.39 is 10.0 Å². The lowest BCUT2D eigenvalue weighted by Gasteiger charge is -2.25. The van der Waals surface area contributed by atoms with Crippen LogP contribution in [0.15, 0.2) is 66.1 Å². The van der Waals surface area contributed by atoms with Crippen molar-refractivity contribution >= 4 is 10.0 Å². The molecule has 3 rings (SSSR count). The van der Waals surface area contributed by atoms with Gasteiger partial charge in [0.15, 0.2) is 0 Å². The molecular weight excluding hydrogens is 350 g/mol. The maximum Gasteiger partial charge on any atom is 0.243 e. The van der Waals surface area contributed by atoms with Crippen LogP contribution in [0.3, 0.4) is 0 Å². The van der Waals surface area contributed by atoms with Gasteiger partial charge in [-0.05, 0) is 48.9 Å². The average Bonchev–Trinajstić information content (AvgIpc) is 3.21. The van der Waals surface area contributed by atoms with Crippen LogP contribution < -0.4 is 0 Å². The standard InChI is InChI=1S/C18H17N5O2S/c1-14(16-5-7-17(8-6-16)23-13-20-12-21-23)22(2)26(24,25)18-9-3-15(11-19)4-10-18/h3-10,12-14H,1-2H3. The molecule has 132 valence electrons. The Kier molecular flexibility index (Phi) is 4.84. The number of aromatic nitrogens is 3. The van der Waals surface area contributed by atoms with E-state index in [9.17, 15) is 8.42 Å². The molecule has 0 saturated heterocycles. The summed E-state index contributed by atoms with van der Waals surface area (Å²) in [7, 11) is -2.12. The second-order valence-electron chi connectivity index (χ2n) is 5.76. The van der Waals surface area contributed by atoms with Gasteiger partial charge in [-0.25, -0.2) is 18.1 Å². The quantitative estimate of drug-likeness (QED) is 0.691. The second kappa shape index (κ2) is 7.07. The first-order valence-electron chi connectivity index (χ1n) is 7.86. The highest BCUT2D eigenvalue weighted by atomic mass is 32.2. The van der Waals surface area contributed by atoms with Crippen molar-refractivity contribution in [3.8, 4) is 11.8 Å². The molecule has 3 aromatic rings. The van der Waals surface area contributed by atoms with Gasteiger partial charge in [0.25, 0.3) is 0 Å². The van der Waals surface area contributed by atoms with Crippen LogP contribution in [0.4, 0.5) is 0 Å². The van der Waals surface area contributed by atoms with E-state index in [1.54, 1.807) is 18.1 Å². The van der Waals surface area contributed by atoms with Gasteiger partial charge in [-0.2, -0.15) is 14.7 Å². The van der Waals surface area contributed by atoms with E-state index in [0.29, 0.717) is 5.56 Å². The molecule has 0 aliphatic rings. The fourth-order valence-corrected chi connectivity index (χ4v) is 3.88. The van der Waals surface area contributed by atoms with E-state index in [1.165, 1.54) is 34.9 Å². The normalized spacial score (nSPS) is 12.7. The maximum atomic E-state index is 12.8. The van der Waals surface area contributed by atoms with Gasteiger partial charge in [0.05, 0.1) is 22.2 Å². The molecule has 0 radical (unpaired) electrons. The van der Waals surface area contributed by atoms with Crippen LogP contribution in [-0.4, -0.2) is 34.5 Å². The van der Waals surface area contributed by atoms with Crippen LogP contribution >= 0.6 is 0 Å². The Morgan fingerprint density at radius 1 is 1.12 bits per heavy atom. The highest BCUT2D eigenvalue weighted by molar-refractivity contribution is 7.89. The molecule has 0 spiro atoms. The predicted octanol–water partition coefficient (Wildman–Crippen LogP) is 2.52. The molecule has 0 saturated carbocycles. The molecule has 0 aliphatic heterocycles. The Labute approximate surface area is 152 Å². The number of sulfonamides is 1. The lowest BCUT2D eigenvalue weighted by atomic mass is 10.1. The lowest BCUT2D eigenvalue weighted by Crippen LogP contribution is -2.29. The van der Waals surface area contributed by atoms with Crippen molar-refractivity contribution in [2.45, 2.75) is 17.9 Å². The van der Waals surface area contributed by atoms with Gasteiger partial charge < -0.3 is 0 Å². The average molecular weight is 367 g/mol. The first-order chi connectivity index (χ1) is 12.4. The SMILES string of the molecule is CC(c1ccc(-n2cncn2)cc1)N(C)S(=O)(=O)c1ccc(C#N)cc1. The third-order valence-corrected chi connectivity index (χ3v) is 6.21. The predicted molar refractivity (Wildman–Crippen MR) is 95.9 cm³/mol. The summed E-state index contributed by atoms with van der Waals surface area (Å²) in [6.07, 6.45) is 3.05. The van der Waals surface area contributed by atoms with Crippen LogP contribution in [0.1, 0.15) is 24.1 Å². The summed E-state index contributed by atoms with van der Waals surface area (Å²) >= 11 is 0. The zero-order valence-electron chi connectivity index (χ0n) is 14.3. The molecule has 2 aromatic carbocycles. The van der Waals surface area contributed by atoms with E-state index in [2.05, 4.69) is 10.1 Å². The first kappa shape index (κ1) is 17.8. The molecule has 0 aliphatic carbocycles. The third-order valence-electron chi connectivity index (χ3n) is 4.26. The molecule has 1 unspecified atom stereocenters. The summed E-state index contributed by atoms with van der Waals surface area (Å²) in [5.74, 6) is 0. The van der Waals surface area contributed by atoms with E-state index >= 15 is 0 Å². The molecule has 0 N–H and O–H groups in total. The summed E-state index contributed by atoms with van der Waals surface area (Å²) in [6, 6.07) is 15.0. The Morgan fingerprint density at radius 2 is 1.77 bits per heavy atom. The Morgan fingerprint density at radius 3 is 2.31 bits per heavy atom. The highest BCUT2D eigenvalue weighted by Crippen LogP contribution is 2.26. The number of nitrogens with zero attached hydrogens (tertiary/aromatic N) is 5. The lowest BCUT2D eigenvalue weighted by molar-refractivity contribution is 0.398. The highest BCUT2D eigenvalue weighted by Gasteiger charge is 2.26. The third kappa shape index (κ3) is 3.35. The smallest absolute Gasteiger partial charge is 0.223 e. The van der Waals surface area contributed by atoms with Gasteiger partial charge in [0.2, 0.25) is 10.0 Å². The molecule has 0 amide bonds. The van der Waals surface area contributed by atoms with Crippen molar-refractivity contribution in [1.82, 2.24) is 19.1 Å². The van der Waals surface area contributed by atoms with E-state index in [-0.39, 0.29) is 10.9 Å². The summed E-state index contributed by atoms with van der Waals surface area (Å²) in [5.41, 5.74) is 2.12. The van der Waals surface area contributed by atoms with Gasteiger partial charge in [-0.15, -0.1) is 0 Å². The minimum Gasteiger partial charge on any atom is -0.223 e. The molecule has 1 aromatic heterocycles. The number of hydrogen-bond acceptors (Lipinski definition) is 5. The summed E-state index contributed by atoms with van der Waals surface area (Å²) in [4.78, 5) is 4.06. The van der Waals surface area contributed by atoms with E-state index in [0.717, 1.165) is 11.3 Å². The summed E-state index contributed by atoms with van der Waals surface area (Å²) < 4.78 is 28.6. The summed E-state index contributed by atoms with van der Waals surface area (Å²) in [5, 5.41) is 12.9. The second-order valence-corrected chi connectivity index (χ2v) is 7.76. The fraction of sp³-hybridized carbons (Fsp3) is 0.167. The Hall–Kier alpha value is -3.02. The van der Waals surface area contributed by atoms with Crippen molar-refractivity contribution in [1.29, 1.82) is 5.26 Å². The maximum absolute atomic E-state index is 12.8. The van der Waals surface area contributed by atoms with Crippen molar-refractivity contribution < 1.29 is 8.42 Å². The Bertz CT molecular complexity index is 1020. The fourth-order valence-electron chi connectivity index (χ4n) is 2.53. The summed E-state index contributed by atoms with van der Waals surface area (Å²) in [6.45, 7) is 1.83. The van der Waals surface area contributed by atoms with Crippen molar-refractivity contribution in [3.63, 3.8) is 0 Å². The zero-order valence-corrected chi connectivity index (χ0v) is 15.1. The Balaban J connectivity index is 1.84. The molecule has 7 nitrogen and oxygen atoms in total. The monoisotopic (exact) mass is 367 g/mol. The zero-order chi connectivity index (χ0) is 18.7. The van der Waals surface area contributed by atoms with Crippen LogP contribution in [0.5, 0.6) is 0 Å².